The molecule has 1 aliphatic carbocycles. The quantitative estimate of drug-likeness (QED) is 0.364. The molecule has 0 radical (unpaired) electrons. The Kier molecular flexibility index (Phi) is 12.4. The van der Waals surface area contributed by atoms with Gasteiger partial charge in [0.15, 0.2) is 6.29 Å². The van der Waals surface area contributed by atoms with E-state index in [0.717, 1.165) is 24.7 Å². The van der Waals surface area contributed by atoms with Crippen LogP contribution in [0.25, 0.3) is 0 Å². The molecule has 0 saturated heterocycles. The van der Waals surface area contributed by atoms with Crippen molar-refractivity contribution in [1.29, 1.82) is 0 Å². The van der Waals surface area contributed by atoms with Crippen LogP contribution in [0.3, 0.4) is 0 Å². The molecule has 0 aromatic heterocycles. The van der Waals surface area contributed by atoms with Crippen LogP contribution in [0.4, 0.5) is 0 Å². The van der Waals surface area contributed by atoms with Crippen molar-refractivity contribution >= 4 is 0 Å². The van der Waals surface area contributed by atoms with Gasteiger partial charge < -0.3 is 14.6 Å². The monoisotopic (exact) mass is 454 g/mol. The predicted octanol–water partition coefficient (Wildman–Crippen LogP) is 8.82. The Morgan fingerprint density at radius 3 is 1.82 bits per heavy atom. The first-order valence-electron chi connectivity index (χ1n) is 13.1. The number of hydrogen-bond acceptors (Lipinski definition) is 3. The summed E-state index contributed by atoms with van der Waals surface area (Å²) in [5.41, 5.74) is 2.67. The molecule has 3 atom stereocenters. The van der Waals surface area contributed by atoms with E-state index in [4.69, 9.17) is 14.6 Å². The number of benzene rings is 2. The fraction of sp³-hybridized carbons (Fsp3) is 0.600. The molecule has 3 nitrogen and oxygen atoms in total. The predicted molar refractivity (Wildman–Crippen MR) is 139 cm³/mol. The minimum atomic E-state index is -0.168. The van der Waals surface area contributed by atoms with Gasteiger partial charge in [-0.1, -0.05) is 84.1 Å². The van der Waals surface area contributed by atoms with Crippen molar-refractivity contribution in [3.05, 3.63) is 59.7 Å². The number of rotatable bonds is 10. The van der Waals surface area contributed by atoms with Crippen LogP contribution < -0.4 is 4.74 Å². The lowest BCUT2D eigenvalue weighted by Crippen LogP contribution is -2.19. The number of aromatic hydroxyl groups is 1. The Bertz CT molecular complexity index is 747. The summed E-state index contributed by atoms with van der Waals surface area (Å²) in [6.45, 7) is 11.6. The van der Waals surface area contributed by atoms with E-state index in [-0.39, 0.29) is 6.29 Å². The fourth-order valence-corrected chi connectivity index (χ4v) is 4.25. The van der Waals surface area contributed by atoms with Gasteiger partial charge in [0.25, 0.3) is 0 Å². The third-order valence-corrected chi connectivity index (χ3v) is 7.04. The Balaban J connectivity index is 0.000000294. The van der Waals surface area contributed by atoms with Crippen molar-refractivity contribution in [2.75, 3.05) is 6.61 Å². The van der Waals surface area contributed by atoms with E-state index in [0.29, 0.717) is 17.6 Å². The number of phenolic OH excluding ortho intramolecular Hbond substituents is 1. The topological polar surface area (TPSA) is 38.7 Å². The van der Waals surface area contributed by atoms with Crippen molar-refractivity contribution in [3.8, 4) is 11.5 Å². The summed E-state index contributed by atoms with van der Waals surface area (Å²) in [5, 5.41) is 9.01. The van der Waals surface area contributed by atoms with Crippen molar-refractivity contribution in [2.24, 2.45) is 5.92 Å². The Hall–Kier alpha value is -2.00. The second kappa shape index (κ2) is 15.0. The van der Waals surface area contributed by atoms with Gasteiger partial charge in [0.2, 0.25) is 0 Å². The zero-order valence-corrected chi connectivity index (χ0v) is 21.6. The van der Waals surface area contributed by atoms with Crippen LogP contribution >= 0.6 is 0 Å². The van der Waals surface area contributed by atoms with E-state index >= 15 is 0 Å². The summed E-state index contributed by atoms with van der Waals surface area (Å²) < 4.78 is 11.7. The second-order valence-corrected chi connectivity index (χ2v) is 9.63. The van der Waals surface area contributed by atoms with E-state index < -0.39 is 0 Å². The standard InChI is InChI=1S/C20H32O2.C10H14O/c1-4-16(2)19-10-12-20(13-11-19)22-17(3)21-15-14-18-8-6-5-7-9-18;1-3-8(2)9-4-6-10(11)7-5-9/h10-13,16-18H,4-9,14-15H2,1-3H3;4-8,11H,3H2,1-2H3. The van der Waals surface area contributed by atoms with E-state index in [1.807, 2.05) is 19.1 Å². The molecule has 1 fully saturated rings. The van der Waals surface area contributed by atoms with Crippen molar-refractivity contribution < 1.29 is 14.6 Å². The maximum Gasteiger partial charge on any atom is 0.196 e. The van der Waals surface area contributed by atoms with Crippen LogP contribution in [0.1, 0.15) is 109 Å². The van der Waals surface area contributed by atoms with Gasteiger partial charge in [-0.3, -0.25) is 0 Å². The fourth-order valence-electron chi connectivity index (χ4n) is 4.25. The third kappa shape index (κ3) is 10.2. The van der Waals surface area contributed by atoms with Gasteiger partial charge in [-0.2, -0.15) is 0 Å². The highest BCUT2D eigenvalue weighted by molar-refractivity contribution is 5.29. The largest absolute Gasteiger partial charge is 0.508 e. The molecule has 1 N–H and O–H groups in total. The summed E-state index contributed by atoms with van der Waals surface area (Å²) in [5.74, 6) is 3.32. The molecule has 0 aliphatic heterocycles. The maximum absolute atomic E-state index is 9.01. The van der Waals surface area contributed by atoms with Gasteiger partial charge in [-0.15, -0.1) is 0 Å². The molecular weight excluding hydrogens is 408 g/mol. The van der Waals surface area contributed by atoms with Crippen LogP contribution in [-0.2, 0) is 4.74 Å². The minimum absolute atomic E-state index is 0.168. The molecule has 0 heterocycles. The van der Waals surface area contributed by atoms with E-state index in [2.05, 4.69) is 52.0 Å². The van der Waals surface area contributed by atoms with E-state index in [1.54, 1.807) is 12.1 Å². The molecule has 2 aromatic rings. The van der Waals surface area contributed by atoms with Gasteiger partial charge in [0.1, 0.15) is 11.5 Å². The van der Waals surface area contributed by atoms with E-state index in [9.17, 15) is 0 Å². The molecule has 184 valence electrons. The minimum Gasteiger partial charge on any atom is -0.508 e. The second-order valence-electron chi connectivity index (χ2n) is 9.63. The maximum atomic E-state index is 9.01. The van der Waals surface area contributed by atoms with Crippen molar-refractivity contribution in [2.45, 2.75) is 104 Å². The van der Waals surface area contributed by atoms with Crippen LogP contribution in [0.5, 0.6) is 11.5 Å². The molecule has 3 heteroatoms. The van der Waals surface area contributed by atoms with Gasteiger partial charge in [-0.05, 0) is 79.3 Å². The smallest absolute Gasteiger partial charge is 0.196 e. The zero-order chi connectivity index (χ0) is 24.1. The first-order chi connectivity index (χ1) is 15.9. The van der Waals surface area contributed by atoms with Crippen LogP contribution in [0, 0.1) is 5.92 Å². The lowest BCUT2D eigenvalue weighted by atomic mass is 9.87. The van der Waals surface area contributed by atoms with Gasteiger partial charge in [0, 0.05) is 0 Å². The highest BCUT2D eigenvalue weighted by atomic mass is 16.7. The van der Waals surface area contributed by atoms with Crippen molar-refractivity contribution in [1.82, 2.24) is 0 Å². The van der Waals surface area contributed by atoms with Crippen LogP contribution in [0.15, 0.2) is 48.5 Å². The molecule has 2 aromatic carbocycles. The summed E-state index contributed by atoms with van der Waals surface area (Å²) in [6.07, 6.45) is 10.3. The molecular formula is C30H46O3. The molecule has 3 unspecified atom stereocenters. The molecule has 1 saturated carbocycles. The average molecular weight is 455 g/mol. The average Bonchev–Trinajstić information content (AvgIpc) is 2.85. The summed E-state index contributed by atoms with van der Waals surface area (Å²) in [4.78, 5) is 0. The summed E-state index contributed by atoms with van der Waals surface area (Å²) in [7, 11) is 0. The first-order valence-corrected chi connectivity index (χ1v) is 13.1. The molecule has 3 rings (SSSR count). The van der Waals surface area contributed by atoms with Gasteiger partial charge in [0.05, 0.1) is 6.61 Å². The van der Waals surface area contributed by atoms with Gasteiger partial charge in [-0.25, -0.2) is 0 Å². The lowest BCUT2D eigenvalue weighted by Gasteiger charge is -2.22. The Labute approximate surface area is 202 Å². The third-order valence-electron chi connectivity index (χ3n) is 7.04. The Morgan fingerprint density at radius 2 is 1.30 bits per heavy atom. The van der Waals surface area contributed by atoms with Crippen LogP contribution in [0.2, 0.25) is 0 Å². The molecule has 1 aliphatic rings. The normalized spacial score (nSPS) is 16.9. The highest BCUT2D eigenvalue weighted by Gasteiger charge is 2.14. The number of phenols is 1. The molecule has 0 spiro atoms. The van der Waals surface area contributed by atoms with Crippen LogP contribution in [-0.4, -0.2) is 18.0 Å². The SMILES string of the molecule is CCC(C)c1ccc(O)cc1.CCC(C)c1ccc(OC(C)OCCC2CCCCC2)cc1. The molecule has 0 bridgehead atoms. The zero-order valence-electron chi connectivity index (χ0n) is 21.6. The van der Waals surface area contributed by atoms with E-state index in [1.165, 1.54) is 56.1 Å². The highest BCUT2D eigenvalue weighted by Crippen LogP contribution is 2.26. The first kappa shape index (κ1) is 27.2. The number of ether oxygens (including phenoxy) is 2. The van der Waals surface area contributed by atoms with Crippen molar-refractivity contribution in [3.63, 3.8) is 0 Å². The summed E-state index contributed by atoms with van der Waals surface area (Å²) >= 11 is 0. The summed E-state index contributed by atoms with van der Waals surface area (Å²) in [6, 6.07) is 15.9. The Morgan fingerprint density at radius 1 is 0.788 bits per heavy atom. The number of hydrogen-bond donors (Lipinski definition) is 1. The van der Waals surface area contributed by atoms with Gasteiger partial charge >= 0.3 is 0 Å². The lowest BCUT2D eigenvalue weighted by molar-refractivity contribution is -0.0711. The molecule has 0 amide bonds. The molecule has 33 heavy (non-hydrogen) atoms.